The van der Waals surface area contributed by atoms with Crippen LogP contribution in [0.4, 0.5) is 0 Å². The van der Waals surface area contributed by atoms with E-state index in [0.29, 0.717) is 13.1 Å². The molecule has 0 N–H and O–H groups in total. The average Bonchev–Trinajstić information content (AvgIpc) is 2.81. The van der Waals surface area contributed by atoms with Gasteiger partial charge in [-0.1, -0.05) is 20.8 Å². The number of hydrogen-bond acceptors (Lipinski definition) is 5. The van der Waals surface area contributed by atoms with Crippen molar-refractivity contribution in [2.75, 3.05) is 13.1 Å². The first kappa shape index (κ1) is 17.8. The number of amides is 2. The Hall–Kier alpha value is -1.50. The summed E-state index contributed by atoms with van der Waals surface area (Å²) < 4.78 is 0. The van der Waals surface area contributed by atoms with Crippen LogP contribution in [0, 0.1) is 12.3 Å². The Bertz CT molecular complexity index is 581. The lowest BCUT2D eigenvalue weighted by atomic mass is 9.93. The number of nitrogens with zero attached hydrogens (tertiary/aromatic N) is 4. The van der Waals surface area contributed by atoms with Crippen molar-refractivity contribution in [3.63, 3.8) is 0 Å². The van der Waals surface area contributed by atoms with Gasteiger partial charge in [0.2, 0.25) is 11.8 Å². The molecule has 6 nitrogen and oxygen atoms in total. The van der Waals surface area contributed by atoms with Crippen LogP contribution in [-0.2, 0) is 16.0 Å². The molecule has 128 valence electrons. The first-order chi connectivity index (χ1) is 10.6. The Balaban J connectivity index is 2.05. The molecular weight excluding hydrogens is 312 g/mol. The third-order valence-corrected chi connectivity index (χ3v) is 4.84. The molecule has 23 heavy (non-hydrogen) atoms. The van der Waals surface area contributed by atoms with Crippen LogP contribution < -0.4 is 0 Å². The summed E-state index contributed by atoms with van der Waals surface area (Å²) in [4.78, 5) is 28.9. The van der Waals surface area contributed by atoms with Gasteiger partial charge in [0.25, 0.3) is 0 Å². The molecule has 1 fully saturated rings. The summed E-state index contributed by atoms with van der Waals surface area (Å²) in [5.74, 6) is 0.201. The van der Waals surface area contributed by atoms with Gasteiger partial charge < -0.3 is 9.80 Å². The monoisotopic (exact) mass is 338 g/mol. The lowest BCUT2D eigenvalue weighted by Gasteiger charge is -2.46. The summed E-state index contributed by atoms with van der Waals surface area (Å²) in [7, 11) is 0. The number of piperazine rings is 1. The van der Waals surface area contributed by atoms with E-state index in [1.165, 1.54) is 11.3 Å². The Kier molecular flexibility index (Phi) is 5.08. The molecule has 1 aromatic rings. The first-order valence-electron chi connectivity index (χ1n) is 7.99. The van der Waals surface area contributed by atoms with Crippen molar-refractivity contribution in [3.05, 3.63) is 10.0 Å². The zero-order valence-corrected chi connectivity index (χ0v) is 15.6. The zero-order valence-electron chi connectivity index (χ0n) is 14.8. The van der Waals surface area contributed by atoms with Crippen molar-refractivity contribution >= 4 is 23.2 Å². The average molecular weight is 338 g/mol. The van der Waals surface area contributed by atoms with E-state index in [4.69, 9.17) is 0 Å². The van der Waals surface area contributed by atoms with Crippen LogP contribution in [0.5, 0.6) is 0 Å². The Morgan fingerprint density at radius 1 is 1.17 bits per heavy atom. The van der Waals surface area contributed by atoms with E-state index in [2.05, 4.69) is 10.2 Å². The molecule has 2 rings (SSSR count). The molecule has 1 aromatic heterocycles. The smallest absolute Gasteiger partial charge is 0.230 e. The molecule has 1 aliphatic rings. The molecule has 7 heteroatoms. The minimum atomic E-state index is -0.393. The molecule has 2 amide bonds. The molecule has 2 heterocycles. The second kappa shape index (κ2) is 6.55. The highest BCUT2D eigenvalue weighted by Gasteiger charge is 2.37. The summed E-state index contributed by atoms with van der Waals surface area (Å²) in [5, 5.41) is 9.61. The van der Waals surface area contributed by atoms with Crippen molar-refractivity contribution in [1.29, 1.82) is 0 Å². The summed E-state index contributed by atoms with van der Waals surface area (Å²) in [5.41, 5.74) is -0.393. The maximum atomic E-state index is 12.6. The fourth-order valence-corrected chi connectivity index (χ4v) is 3.78. The molecular formula is C16H26N4O2S. The molecule has 0 bridgehead atoms. The number of hydrogen-bond donors (Lipinski definition) is 0. The summed E-state index contributed by atoms with van der Waals surface area (Å²) in [6.45, 7) is 12.8. The van der Waals surface area contributed by atoms with Gasteiger partial charge in [-0.15, -0.1) is 21.5 Å². The topological polar surface area (TPSA) is 66.4 Å². The maximum Gasteiger partial charge on any atom is 0.230 e. The van der Waals surface area contributed by atoms with Gasteiger partial charge in [-0.25, -0.2) is 0 Å². The molecule has 0 spiro atoms. The van der Waals surface area contributed by atoms with Gasteiger partial charge in [0.05, 0.1) is 6.42 Å². The van der Waals surface area contributed by atoms with Crippen LogP contribution >= 0.6 is 11.3 Å². The molecule has 2 atom stereocenters. The van der Waals surface area contributed by atoms with Crippen molar-refractivity contribution in [2.24, 2.45) is 5.41 Å². The van der Waals surface area contributed by atoms with Crippen LogP contribution in [0.1, 0.15) is 44.6 Å². The lowest BCUT2D eigenvalue weighted by Crippen LogP contribution is -2.61. The minimum Gasteiger partial charge on any atom is -0.338 e. The fraction of sp³-hybridized carbons (Fsp3) is 0.750. The molecule has 0 saturated carbocycles. The van der Waals surface area contributed by atoms with E-state index in [9.17, 15) is 9.59 Å². The van der Waals surface area contributed by atoms with Crippen LogP contribution in [0.3, 0.4) is 0 Å². The first-order valence-corrected chi connectivity index (χ1v) is 8.80. The predicted molar refractivity (Wildman–Crippen MR) is 90.2 cm³/mol. The van der Waals surface area contributed by atoms with E-state index in [1.807, 2.05) is 51.3 Å². The number of carbonyl (C=O) groups excluding carboxylic acids is 2. The van der Waals surface area contributed by atoms with Gasteiger partial charge in [-0.05, 0) is 20.8 Å². The summed E-state index contributed by atoms with van der Waals surface area (Å²) >= 11 is 1.46. The van der Waals surface area contributed by atoms with Gasteiger partial charge in [0, 0.05) is 30.6 Å². The molecule has 1 aliphatic heterocycles. The third kappa shape index (κ3) is 4.07. The van der Waals surface area contributed by atoms with Crippen molar-refractivity contribution in [1.82, 2.24) is 20.0 Å². The van der Waals surface area contributed by atoms with Gasteiger partial charge in [-0.3, -0.25) is 9.59 Å². The Morgan fingerprint density at radius 3 is 2.17 bits per heavy atom. The quantitative estimate of drug-likeness (QED) is 0.826. The standard InChI is InChI=1S/C16H26N4O2S/c1-10-8-19(15(22)16(4,5)6)9-11(2)20(10)14(21)7-13-18-17-12(3)23-13/h10-11H,7-9H2,1-6H3/t10-,11-/m0/s1. The van der Waals surface area contributed by atoms with Crippen molar-refractivity contribution < 1.29 is 9.59 Å². The number of rotatable bonds is 2. The van der Waals surface area contributed by atoms with Crippen molar-refractivity contribution in [2.45, 2.75) is 60.0 Å². The SMILES string of the molecule is Cc1nnc(CC(=O)N2[C@@H](C)CN(C(=O)C(C)(C)C)C[C@@H]2C)s1. The molecule has 1 saturated heterocycles. The summed E-state index contributed by atoms with van der Waals surface area (Å²) in [6.07, 6.45) is 0.285. The van der Waals surface area contributed by atoms with Crippen LogP contribution in [0.25, 0.3) is 0 Å². The Labute approximate surface area is 141 Å². The van der Waals surface area contributed by atoms with E-state index >= 15 is 0 Å². The number of carbonyl (C=O) groups is 2. The molecule has 0 unspecified atom stereocenters. The molecule has 0 aliphatic carbocycles. The zero-order chi connectivity index (χ0) is 17.4. The van der Waals surface area contributed by atoms with Gasteiger partial charge in [0.1, 0.15) is 10.0 Å². The Morgan fingerprint density at radius 2 is 1.74 bits per heavy atom. The van der Waals surface area contributed by atoms with Gasteiger partial charge >= 0.3 is 0 Å². The highest BCUT2D eigenvalue weighted by molar-refractivity contribution is 7.11. The number of aryl methyl sites for hydroxylation is 1. The van der Waals surface area contributed by atoms with Gasteiger partial charge in [-0.2, -0.15) is 0 Å². The maximum absolute atomic E-state index is 12.6. The molecule has 0 aromatic carbocycles. The highest BCUT2D eigenvalue weighted by atomic mass is 32.1. The molecule has 0 radical (unpaired) electrons. The summed E-state index contributed by atoms with van der Waals surface area (Å²) in [6, 6.07) is 0.0122. The minimum absolute atomic E-state index is 0.00608. The van der Waals surface area contributed by atoms with E-state index in [1.54, 1.807) is 0 Å². The van der Waals surface area contributed by atoms with Crippen LogP contribution in [0.2, 0.25) is 0 Å². The normalized spacial score (nSPS) is 22.3. The fourth-order valence-electron chi connectivity index (χ4n) is 3.08. The second-order valence-electron chi connectivity index (χ2n) is 7.35. The largest absolute Gasteiger partial charge is 0.338 e. The van der Waals surface area contributed by atoms with E-state index < -0.39 is 5.41 Å². The van der Waals surface area contributed by atoms with E-state index in [-0.39, 0.29) is 30.3 Å². The van der Waals surface area contributed by atoms with Crippen molar-refractivity contribution in [3.8, 4) is 0 Å². The highest BCUT2D eigenvalue weighted by Crippen LogP contribution is 2.24. The van der Waals surface area contributed by atoms with Crippen LogP contribution in [0.15, 0.2) is 0 Å². The van der Waals surface area contributed by atoms with E-state index in [0.717, 1.165) is 10.0 Å². The number of aromatic nitrogens is 2. The third-order valence-electron chi connectivity index (χ3n) is 4.01. The lowest BCUT2D eigenvalue weighted by molar-refractivity contribution is -0.150. The van der Waals surface area contributed by atoms with Crippen LogP contribution in [-0.4, -0.2) is 57.0 Å². The second-order valence-corrected chi connectivity index (χ2v) is 8.62. The van der Waals surface area contributed by atoms with Gasteiger partial charge in [0.15, 0.2) is 0 Å². The predicted octanol–water partition coefficient (Wildman–Crippen LogP) is 1.88.